The van der Waals surface area contributed by atoms with Crippen LogP contribution in [0.3, 0.4) is 0 Å². The molecule has 0 amide bonds. The van der Waals surface area contributed by atoms with E-state index in [0.717, 1.165) is 54.7 Å². The molecular weight excluding hydrogens is 348 g/mol. The summed E-state index contributed by atoms with van der Waals surface area (Å²) in [7, 11) is 1.66. The molecule has 1 aliphatic heterocycles. The van der Waals surface area contributed by atoms with Gasteiger partial charge in [-0.15, -0.1) is 0 Å². The molecule has 1 aliphatic carbocycles. The van der Waals surface area contributed by atoms with Crippen LogP contribution >= 0.6 is 12.2 Å². The van der Waals surface area contributed by atoms with Crippen LogP contribution in [0.25, 0.3) is 0 Å². The predicted octanol–water partition coefficient (Wildman–Crippen LogP) is 3.28. The van der Waals surface area contributed by atoms with Crippen molar-refractivity contribution in [1.29, 1.82) is 0 Å². The fourth-order valence-electron chi connectivity index (χ4n) is 3.05. The quantitative estimate of drug-likeness (QED) is 0.527. The molecule has 3 rings (SSSR count). The van der Waals surface area contributed by atoms with Crippen molar-refractivity contribution in [3.63, 3.8) is 0 Å². The lowest BCUT2D eigenvalue weighted by Gasteiger charge is -2.28. The van der Waals surface area contributed by atoms with Gasteiger partial charge in [0.25, 0.3) is 0 Å². The van der Waals surface area contributed by atoms with Gasteiger partial charge in [0.1, 0.15) is 6.61 Å². The Morgan fingerprint density at radius 2 is 2.23 bits per heavy atom. The highest BCUT2D eigenvalue weighted by Gasteiger charge is 2.26. The molecule has 0 radical (unpaired) electrons. The zero-order valence-electron chi connectivity index (χ0n) is 15.4. The summed E-state index contributed by atoms with van der Waals surface area (Å²) in [4.78, 5) is 2.21. The Kier molecular flexibility index (Phi) is 6.74. The van der Waals surface area contributed by atoms with Crippen molar-refractivity contribution >= 4 is 17.3 Å². The minimum atomic E-state index is 0.256. The summed E-state index contributed by atoms with van der Waals surface area (Å²) in [6, 6.07) is 6.56. The second-order valence-corrected chi connectivity index (χ2v) is 7.21. The molecule has 1 N–H and O–H groups in total. The molecule has 5 nitrogen and oxygen atoms in total. The van der Waals surface area contributed by atoms with Crippen LogP contribution in [0.1, 0.15) is 31.2 Å². The van der Waals surface area contributed by atoms with Crippen LogP contribution in [-0.2, 0) is 11.3 Å². The number of rotatable bonds is 9. The first-order valence-corrected chi connectivity index (χ1v) is 9.68. The molecular formula is C20H28N2O3S. The SMILES string of the molecule is C=CCOc1ccc(CN(C[C@@H]2CCCO2)C(=S)NC2CC2)cc1OC. The van der Waals surface area contributed by atoms with Crippen LogP contribution in [0.5, 0.6) is 11.5 Å². The number of thiocarbonyl (C=S) groups is 1. The second-order valence-electron chi connectivity index (χ2n) is 6.82. The monoisotopic (exact) mass is 376 g/mol. The lowest BCUT2D eigenvalue weighted by molar-refractivity contribution is 0.0897. The Balaban J connectivity index is 1.69. The zero-order chi connectivity index (χ0) is 18.4. The fraction of sp³-hybridized carbons (Fsp3) is 0.550. The van der Waals surface area contributed by atoms with Crippen LogP contribution in [0.15, 0.2) is 30.9 Å². The Morgan fingerprint density at radius 3 is 2.88 bits per heavy atom. The van der Waals surface area contributed by atoms with Crippen molar-refractivity contribution in [2.75, 3.05) is 26.9 Å². The maximum Gasteiger partial charge on any atom is 0.169 e. The van der Waals surface area contributed by atoms with Gasteiger partial charge in [0.2, 0.25) is 0 Å². The molecule has 2 fully saturated rings. The third-order valence-corrected chi connectivity index (χ3v) is 4.97. The van der Waals surface area contributed by atoms with Gasteiger partial charge in [0, 0.05) is 25.7 Å². The standard InChI is InChI=1S/C20H28N2O3S/c1-3-10-25-18-9-6-15(12-19(18)23-2)13-22(14-17-5-4-11-24-17)20(26)21-16-7-8-16/h3,6,9,12,16-17H,1,4-5,7-8,10-11,13-14H2,2H3,(H,21,26)/t17-/m0/s1. The molecule has 6 heteroatoms. The summed E-state index contributed by atoms with van der Waals surface area (Å²) in [5.41, 5.74) is 1.13. The molecule has 2 aliphatic rings. The van der Waals surface area contributed by atoms with Gasteiger partial charge in [0.15, 0.2) is 16.6 Å². The fourth-order valence-corrected chi connectivity index (χ4v) is 3.35. The van der Waals surface area contributed by atoms with Gasteiger partial charge >= 0.3 is 0 Å². The third kappa shape index (κ3) is 5.35. The van der Waals surface area contributed by atoms with Crippen molar-refractivity contribution < 1.29 is 14.2 Å². The molecule has 1 saturated carbocycles. The molecule has 1 atom stereocenters. The van der Waals surface area contributed by atoms with Crippen LogP contribution in [0, 0.1) is 0 Å². The molecule has 0 aromatic heterocycles. The number of hydrogen-bond donors (Lipinski definition) is 1. The molecule has 0 bridgehead atoms. The number of nitrogens with zero attached hydrogens (tertiary/aromatic N) is 1. The van der Waals surface area contributed by atoms with E-state index < -0.39 is 0 Å². The minimum Gasteiger partial charge on any atom is -0.493 e. The maximum absolute atomic E-state index is 5.82. The first kappa shape index (κ1) is 19.0. The Morgan fingerprint density at radius 1 is 1.38 bits per heavy atom. The van der Waals surface area contributed by atoms with Gasteiger partial charge in [-0.1, -0.05) is 18.7 Å². The molecule has 26 heavy (non-hydrogen) atoms. The van der Waals surface area contributed by atoms with Gasteiger partial charge in [-0.25, -0.2) is 0 Å². The Bertz CT molecular complexity index is 627. The Hall–Kier alpha value is -1.79. The summed E-state index contributed by atoms with van der Waals surface area (Å²) in [5, 5.41) is 4.26. The van der Waals surface area contributed by atoms with Gasteiger partial charge in [-0.3, -0.25) is 0 Å². The number of ether oxygens (including phenoxy) is 3. The number of methoxy groups -OCH3 is 1. The zero-order valence-corrected chi connectivity index (χ0v) is 16.2. The van der Waals surface area contributed by atoms with Crippen LogP contribution in [0.4, 0.5) is 0 Å². The van der Waals surface area contributed by atoms with Gasteiger partial charge in [-0.2, -0.15) is 0 Å². The summed E-state index contributed by atoms with van der Waals surface area (Å²) >= 11 is 5.66. The van der Waals surface area contributed by atoms with Crippen LogP contribution in [-0.4, -0.2) is 49.0 Å². The normalized spacial score (nSPS) is 19.0. The molecule has 1 aromatic rings. The Labute approximate surface area is 161 Å². The average molecular weight is 377 g/mol. The van der Waals surface area contributed by atoms with E-state index in [1.165, 1.54) is 12.8 Å². The molecule has 0 spiro atoms. The van der Waals surface area contributed by atoms with Crippen molar-refractivity contribution in [2.45, 2.75) is 44.4 Å². The van der Waals surface area contributed by atoms with E-state index in [0.29, 0.717) is 12.6 Å². The number of nitrogens with one attached hydrogen (secondary N) is 1. The average Bonchev–Trinajstić information content (AvgIpc) is 3.31. The van der Waals surface area contributed by atoms with Crippen molar-refractivity contribution in [1.82, 2.24) is 10.2 Å². The molecule has 1 aromatic carbocycles. The van der Waals surface area contributed by atoms with E-state index in [2.05, 4.69) is 22.9 Å². The molecule has 1 heterocycles. The summed E-state index contributed by atoms with van der Waals surface area (Å²) in [6.07, 6.45) is 6.61. The van der Waals surface area contributed by atoms with Gasteiger partial charge in [-0.05, 0) is 55.6 Å². The lowest BCUT2D eigenvalue weighted by Crippen LogP contribution is -2.43. The van der Waals surface area contributed by atoms with E-state index in [4.69, 9.17) is 26.4 Å². The third-order valence-electron chi connectivity index (χ3n) is 4.60. The maximum atomic E-state index is 5.82. The minimum absolute atomic E-state index is 0.256. The molecule has 142 valence electrons. The van der Waals surface area contributed by atoms with Crippen molar-refractivity contribution in [2.24, 2.45) is 0 Å². The van der Waals surface area contributed by atoms with Crippen LogP contribution in [0.2, 0.25) is 0 Å². The van der Waals surface area contributed by atoms with E-state index in [1.54, 1.807) is 13.2 Å². The smallest absolute Gasteiger partial charge is 0.169 e. The molecule has 1 saturated heterocycles. The largest absolute Gasteiger partial charge is 0.493 e. The van der Waals surface area contributed by atoms with Crippen LogP contribution < -0.4 is 14.8 Å². The van der Waals surface area contributed by atoms with Crippen molar-refractivity contribution in [3.8, 4) is 11.5 Å². The topological polar surface area (TPSA) is 43.0 Å². The summed E-state index contributed by atoms with van der Waals surface area (Å²) in [5.74, 6) is 1.45. The highest BCUT2D eigenvalue weighted by Crippen LogP contribution is 2.29. The van der Waals surface area contributed by atoms with E-state index >= 15 is 0 Å². The second kappa shape index (κ2) is 9.24. The van der Waals surface area contributed by atoms with E-state index in [-0.39, 0.29) is 6.10 Å². The molecule has 0 unspecified atom stereocenters. The lowest BCUT2D eigenvalue weighted by atomic mass is 10.1. The van der Waals surface area contributed by atoms with Crippen molar-refractivity contribution in [3.05, 3.63) is 36.4 Å². The number of benzene rings is 1. The number of hydrogen-bond acceptors (Lipinski definition) is 4. The van der Waals surface area contributed by atoms with E-state index in [1.807, 2.05) is 12.1 Å². The highest BCUT2D eigenvalue weighted by molar-refractivity contribution is 7.80. The summed E-state index contributed by atoms with van der Waals surface area (Å²) < 4.78 is 16.9. The first-order valence-electron chi connectivity index (χ1n) is 9.27. The summed E-state index contributed by atoms with van der Waals surface area (Å²) in [6.45, 7) is 6.52. The first-order chi connectivity index (χ1) is 12.7. The predicted molar refractivity (Wildman–Crippen MR) is 107 cm³/mol. The van der Waals surface area contributed by atoms with Gasteiger partial charge in [0.05, 0.1) is 13.2 Å². The van der Waals surface area contributed by atoms with Gasteiger partial charge < -0.3 is 24.4 Å². The van der Waals surface area contributed by atoms with E-state index in [9.17, 15) is 0 Å². The highest BCUT2D eigenvalue weighted by atomic mass is 32.1.